The largest absolute Gasteiger partial charge is 0.348 e. The Kier molecular flexibility index (Phi) is 6.72. The highest BCUT2D eigenvalue weighted by Crippen LogP contribution is 2.22. The van der Waals surface area contributed by atoms with Crippen molar-refractivity contribution in [1.29, 1.82) is 0 Å². The Morgan fingerprint density at radius 1 is 1.03 bits per heavy atom. The maximum Gasteiger partial charge on any atom is 0.243 e. The second kappa shape index (κ2) is 9.07. The molecular formula is C22H29N3O3S. The summed E-state index contributed by atoms with van der Waals surface area (Å²) in [5, 5.41) is 3.01. The SMILES string of the molecule is Cc1ccc(S(=O)(=O)N2CCN(CC(=O)N[C@H](C)c3ccccc3)CC2)c(C)c1. The van der Waals surface area contributed by atoms with Crippen molar-refractivity contribution in [3.05, 3.63) is 65.2 Å². The fourth-order valence-electron chi connectivity index (χ4n) is 3.67. The normalized spacial score (nSPS) is 17.1. The van der Waals surface area contributed by atoms with Gasteiger partial charge in [-0.05, 0) is 38.0 Å². The van der Waals surface area contributed by atoms with Crippen LogP contribution in [0.25, 0.3) is 0 Å². The van der Waals surface area contributed by atoms with Gasteiger partial charge in [0.1, 0.15) is 0 Å². The minimum Gasteiger partial charge on any atom is -0.348 e. The maximum atomic E-state index is 13.0. The van der Waals surface area contributed by atoms with E-state index in [1.54, 1.807) is 6.07 Å². The molecule has 3 rings (SSSR count). The van der Waals surface area contributed by atoms with Crippen LogP contribution in [0.3, 0.4) is 0 Å². The molecule has 0 unspecified atom stereocenters. The Hall–Kier alpha value is -2.22. The van der Waals surface area contributed by atoms with Gasteiger partial charge in [0, 0.05) is 26.2 Å². The van der Waals surface area contributed by atoms with Gasteiger partial charge < -0.3 is 5.32 Å². The van der Waals surface area contributed by atoms with Gasteiger partial charge in [0.25, 0.3) is 0 Å². The highest BCUT2D eigenvalue weighted by molar-refractivity contribution is 7.89. The molecule has 1 atom stereocenters. The zero-order valence-corrected chi connectivity index (χ0v) is 18.1. The van der Waals surface area contributed by atoms with E-state index >= 15 is 0 Å². The Bertz CT molecular complexity index is 953. The van der Waals surface area contributed by atoms with Crippen LogP contribution in [-0.2, 0) is 14.8 Å². The molecular weight excluding hydrogens is 386 g/mol. The number of amides is 1. The third kappa shape index (κ3) is 5.23. The number of carbonyl (C=O) groups is 1. The van der Waals surface area contributed by atoms with Gasteiger partial charge in [-0.15, -0.1) is 0 Å². The Morgan fingerprint density at radius 3 is 2.31 bits per heavy atom. The lowest BCUT2D eigenvalue weighted by molar-refractivity contribution is -0.123. The van der Waals surface area contributed by atoms with Crippen molar-refractivity contribution < 1.29 is 13.2 Å². The first-order valence-electron chi connectivity index (χ1n) is 9.91. The number of piperazine rings is 1. The molecule has 0 radical (unpaired) electrons. The van der Waals surface area contributed by atoms with E-state index in [-0.39, 0.29) is 18.5 Å². The zero-order valence-electron chi connectivity index (χ0n) is 17.3. The van der Waals surface area contributed by atoms with Gasteiger partial charge in [0.05, 0.1) is 17.5 Å². The lowest BCUT2D eigenvalue weighted by atomic mass is 10.1. The molecule has 2 aromatic carbocycles. The van der Waals surface area contributed by atoms with E-state index in [9.17, 15) is 13.2 Å². The summed E-state index contributed by atoms with van der Waals surface area (Å²) >= 11 is 0. The lowest BCUT2D eigenvalue weighted by Crippen LogP contribution is -2.51. The van der Waals surface area contributed by atoms with Crippen molar-refractivity contribution in [2.45, 2.75) is 31.7 Å². The van der Waals surface area contributed by atoms with Crippen molar-refractivity contribution in [3.63, 3.8) is 0 Å². The molecule has 0 bridgehead atoms. The van der Waals surface area contributed by atoms with E-state index in [2.05, 4.69) is 5.32 Å². The van der Waals surface area contributed by atoms with Gasteiger partial charge in [-0.3, -0.25) is 9.69 Å². The number of hydrogen-bond donors (Lipinski definition) is 1. The van der Waals surface area contributed by atoms with Crippen LogP contribution in [0.1, 0.15) is 29.7 Å². The van der Waals surface area contributed by atoms with Crippen molar-refractivity contribution in [2.75, 3.05) is 32.7 Å². The summed E-state index contributed by atoms with van der Waals surface area (Å²) in [7, 11) is -3.51. The topological polar surface area (TPSA) is 69.7 Å². The average Bonchev–Trinajstić information content (AvgIpc) is 2.68. The summed E-state index contributed by atoms with van der Waals surface area (Å²) in [4.78, 5) is 14.8. The molecule has 0 saturated carbocycles. The van der Waals surface area contributed by atoms with Crippen molar-refractivity contribution in [3.8, 4) is 0 Å². The van der Waals surface area contributed by atoms with Crippen molar-refractivity contribution in [2.24, 2.45) is 0 Å². The number of hydrogen-bond acceptors (Lipinski definition) is 4. The van der Waals surface area contributed by atoms with Crippen molar-refractivity contribution >= 4 is 15.9 Å². The molecule has 0 aromatic heterocycles. The van der Waals surface area contributed by atoms with E-state index in [0.29, 0.717) is 31.1 Å². The molecule has 0 spiro atoms. The molecule has 156 valence electrons. The summed E-state index contributed by atoms with van der Waals surface area (Å²) in [6.07, 6.45) is 0. The molecule has 6 nitrogen and oxygen atoms in total. The Morgan fingerprint density at radius 2 is 1.69 bits per heavy atom. The van der Waals surface area contributed by atoms with Crippen LogP contribution in [0.2, 0.25) is 0 Å². The minimum atomic E-state index is -3.51. The maximum absolute atomic E-state index is 13.0. The van der Waals surface area contributed by atoms with Gasteiger partial charge in [-0.1, -0.05) is 48.0 Å². The number of carbonyl (C=O) groups excluding carboxylic acids is 1. The van der Waals surface area contributed by atoms with Crippen LogP contribution in [-0.4, -0.2) is 56.3 Å². The molecule has 1 heterocycles. The summed E-state index contributed by atoms with van der Waals surface area (Å²) in [5.41, 5.74) is 2.87. The molecule has 0 aliphatic carbocycles. The smallest absolute Gasteiger partial charge is 0.243 e. The second-order valence-corrected chi connectivity index (χ2v) is 9.56. The molecule has 29 heavy (non-hydrogen) atoms. The van der Waals surface area contributed by atoms with E-state index in [4.69, 9.17) is 0 Å². The summed E-state index contributed by atoms with van der Waals surface area (Å²) in [5.74, 6) is -0.0490. The zero-order chi connectivity index (χ0) is 21.0. The third-order valence-corrected chi connectivity index (χ3v) is 7.38. The standard InChI is InChI=1S/C22H29N3O3S/c1-17-9-10-21(18(2)15-17)29(27,28)25-13-11-24(12-14-25)16-22(26)23-19(3)20-7-5-4-6-8-20/h4-10,15,19H,11-14,16H2,1-3H3,(H,23,26)/t19-/m1/s1. The predicted octanol–water partition coefficient (Wildman–Crippen LogP) is 2.49. The van der Waals surface area contributed by atoms with E-state index < -0.39 is 10.0 Å². The molecule has 1 saturated heterocycles. The molecule has 1 N–H and O–H groups in total. The highest BCUT2D eigenvalue weighted by Gasteiger charge is 2.30. The summed E-state index contributed by atoms with van der Waals surface area (Å²) < 4.78 is 27.5. The molecule has 1 aliphatic heterocycles. The first kappa shape index (κ1) is 21.5. The van der Waals surface area contributed by atoms with Crippen LogP contribution >= 0.6 is 0 Å². The number of nitrogens with zero attached hydrogens (tertiary/aromatic N) is 2. The molecule has 1 aliphatic rings. The van der Waals surface area contributed by atoms with Crippen LogP contribution < -0.4 is 5.32 Å². The minimum absolute atomic E-state index is 0.0490. The molecule has 1 amide bonds. The van der Waals surface area contributed by atoms with Crippen molar-refractivity contribution in [1.82, 2.24) is 14.5 Å². The van der Waals surface area contributed by atoms with E-state index in [0.717, 1.165) is 16.7 Å². The number of aryl methyl sites for hydroxylation is 2. The van der Waals surface area contributed by atoms with Gasteiger partial charge >= 0.3 is 0 Å². The van der Waals surface area contributed by atoms with Gasteiger partial charge in [-0.2, -0.15) is 4.31 Å². The van der Waals surface area contributed by atoms with Crippen LogP contribution in [0, 0.1) is 13.8 Å². The molecule has 1 fully saturated rings. The third-order valence-electron chi connectivity index (χ3n) is 5.32. The number of nitrogens with one attached hydrogen (secondary N) is 1. The monoisotopic (exact) mass is 415 g/mol. The average molecular weight is 416 g/mol. The highest BCUT2D eigenvalue weighted by atomic mass is 32.2. The molecule has 7 heteroatoms. The Labute approximate surface area is 173 Å². The van der Waals surface area contributed by atoms with Crippen LogP contribution in [0.15, 0.2) is 53.4 Å². The predicted molar refractivity (Wildman–Crippen MR) is 114 cm³/mol. The number of benzene rings is 2. The number of sulfonamides is 1. The fourth-order valence-corrected chi connectivity index (χ4v) is 5.30. The fraction of sp³-hybridized carbons (Fsp3) is 0.409. The Balaban J connectivity index is 1.54. The second-order valence-electron chi connectivity index (χ2n) is 7.65. The first-order valence-corrected chi connectivity index (χ1v) is 11.4. The van der Waals surface area contributed by atoms with Gasteiger partial charge in [0.2, 0.25) is 15.9 Å². The summed E-state index contributed by atoms with van der Waals surface area (Å²) in [6, 6.07) is 15.2. The van der Waals surface area contributed by atoms with Crippen LogP contribution in [0.4, 0.5) is 0 Å². The first-order chi connectivity index (χ1) is 13.8. The quantitative estimate of drug-likeness (QED) is 0.787. The van der Waals surface area contributed by atoms with Gasteiger partial charge in [0.15, 0.2) is 0 Å². The van der Waals surface area contributed by atoms with Crippen LogP contribution in [0.5, 0.6) is 0 Å². The van der Waals surface area contributed by atoms with E-state index in [1.165, 1.54) is 4.31 Å². The molecule has 2 aromatic rings. The van der Waals surface area contributed by atoms with Gasteiger partial charge in [-0.25, -0.2) is 8.42 Å². The summed E-state index contributed by atoms with van der Waals surface area (Å²) in [6.45, 7) is 7.86. The van der Waals surface area contributed by atoms with E-state index in [1.807, 2.05) is 68.1 Å². The lowest BCUT2D eigenvalue weighted by Gasteiger charge is -2.34. The number of rotatable bonds is 6.